The van der Waals surface area contributed by atoms with Gasteiger partial charge in [0.25, 0.3) is 5.91 Å². The van der Waals surface area contributed by atoms with Gasteiger partial charge >= 0.3 is 0 Å². The number of nitrogens with one attached hydrogen (secondary N) is 3. The van der Waals surface area contributed by atoms with Crippen LogP contribution in [0.15, 0.2) is 24.3 Å². The maximum atomic E-state index is 12.1. The molecule has 0 spiro atoms. The van der Waals surface area contributed by atoms with Gasteiger partial charge in [-0.15, -0.1) is 0 Å². The third kappa shape index (κ3) is 4.75. The second kappa shape index (κ2) is 7.64. The van der Waals surface area contributed by atoms with Crippen molar-refractivity contribution in [3.63, 3.8) is 0 Å². The minimum atomic E-state index is -0.197. The van der Waals surface area contributed by atoms with Crippen molar-refractivity contribution in [1.82, 2.24) is 10.6 Å². The lowest BCUT2D eigenvalue weighted by atomic mass is 9.99. The van der Waals surface area contributed by atoms with Crippen molar-refractivity contribution in [3.8, 4) is 5.75 Å². The van der Waals surface area contributed by atoms with Crippen LogP contribution in [0.3, 0.4) is 0 Å². The Bertz CT molecular complexity index is 499. The number of hydrogen-bond donors (Lipinski definition) is 3. The molecule has 6 heteroatoms. The number of rotatable bonds is 5. The van der Waals surface area contributed by atoms with Crippen molar-refractivity contribution >= 4 is 17.5 Å². The van der Waals surface area contributed by atoms with Gasteiger partial charge in [-0.1, -0.05) is 6.07 Å². The summed E-state index contributed by atoms with van der Waals surface area (Å²) in [6.07, 6.45) is 1.93. The Kier molecular flexibility index (Phi) is 5.57. The Balaban J connectivity index is 1.90. The Hall–Kier alpha value is -2.08. The van der Waals surface area contributed by atoms with Crippen LogP contribution in [0.1, 0.15) is 12.8 Å². The molecule has 6 nitrogen and oxygen atoms in total. The molecule has 1 aromatic rings. The number of carbonyl (C=O) groups excluding carboxylic acids is 2. The van der Waals surface area contributed by atoms with Crippen LogP contribution in [0, 0.1) is 5.92 Å². The van der Waals surface area contributed by atoms with Gasteiger partial charge in [0.05, 0.1) is 5.92 Å². The third-order valence-corrected chi connectivity index (χ3v) is 3.42. The molecule has 0 aromatic heterocycles. The van der Waals surface area contributed by atoms with Gasteiger partial charge in [0.15, 0.2) is 6.61 Å². The second-order valence-corrected chi connectivity index (χ2v) is 5.02. The molecule has 3 N–H and O–H groups in total. The zero-order valence-corrected chi connectivity index (χ0v) is 12.1. The molecule has 1 fully saturated rings. The molecule has 1 aromatic carbocycles. The molecule has 21 heavy (non-hydrogen) atoms. The van der Waals surface area contributed by atoms with Crippen molar-refractivity contribution < 1.29 is 14.3 Å². The lowest BCUT2D eigenvalue weighted by Gasteiger charge is -2.22. The van der Waals surface area contributed by atoms with E-state index in [0.717, 1.165) is 25.9 Å². The van der Waals surface area contributed by atoms with Crippen LogP contribution in [0.5, 0.6) is 5.75 Å². The SMILES string of the molecule is CNC(=O)COc1cccc(NC(=O)[C@H]2CCCNC2)c1. The first-order valence-electron chi connectivity index (χ1n) is 7.14. The first-order chi connectivity index (χ1) is 10.2. The minimum absolute atomic E-state index is 0.00851. The number of benzene rings is 1. The molecule has 2 amide bonds. The zero-order valence-electron chi connectivity index (χ0n) is 12.1. The molecule has 2 rings (SSSR count). The zero-order chi connectivity index (χ0) is 15.1. The number of amides is 2. The smallest absolute Gasteiger partial charge is 0.257 e. The molecule has 1 aliphatic rings. The highest BCUT2D eigenvalue weighted by Crippen LogP contribution is 2.19. The largest absolute Gasteiger partial charge is 0.484 e. The van der Waals surface area contributed by atoms with Gasteiger partial charge in [-0.2, -0.15) is 0 Å². The highest BCUT2D eigenvalue weighted by atomic mass is 16.5. The Morgan fingerprint density at radius 3 is 3.00 bits per heavy atom. The monoisotopic (exact) mass is 291 g/mol. The van der Waals surface area contributed by atoms with E-state index in [1.165, 1.54) is 0 Å². The van der Waals surface area contributed by atoms with Crippen LogP contribution in [0.25, 0.3) is 0 Å². The van der Waals surface area contributed by atoms with Crippen LogP contribution >= 0.6 is 0 Å². The van der Waals surface area contributed by atoms with Crippen LogP contribution in [0.2, 0.25) is 0 Å². The van der Waals surface area contributed by atoms with E-state index in [4.69, 9.17) is 4.74 Å². The summed E-state index contributed by atoms with van der Waals surface area (Å²) in [4.78, 5) is 23.3. The Morgan fingerprint density at radius 1 is 1.43 bits per heavy atom. The van der Waals surface area contributed by atoms with Crippen LogP contribution in [-0.2, 0) is 9.59 Å². The van der Waals surface area contributed by atoms with Crippen LogP contribution in [-0.4, -0.2) is 38.6 Å². The van der Waals surface area contributed by atoms with E-state index in [-0.39, 0.29) is 24.3 Å². The van der Waals surface area contributed by atoms with Gasteiger partial charge in [-0.3, -0.25) is 9.59 Å². The lowest BCUT2D eigenvalue weighted by molar-refractivity contribution is -0.122. The maximum absolute atomic E-state index is 12.1. The average Bonchev–Trinajstić information content (AvgIpc) is 2.53. The molecule has 1 atom stereocenters. The summed E-state index contributed by atoms with van der Waals surface area (Å²) >= 11 is 0. The first-order valence-corrected chi connectivity index (χ1v) is 7.14. The minimum Gasteiger partial charge on any atom is -0.484 e. The number of anilines is 1. The Morgan fingerprint density at radius 2 is 2.29 bits per heavy atom. The molecule has 1 aliphatic heterocycles. The van der Waals surface area contributed by atoms with Crippen molar-refractivity contribution in [1.29, 1.82) is 0 Å². The van der Waals surface area contributed by atoms with E-state index in [1.807, 2.05) is 0 Å². The van der Waals surface area contributed by atoms with Gasteiger partial charge in [0, 0.05) is 25.3 Å². The predicted octanol–water partition coefficient (Wildman–Crippen LogP) is 0.749. The molecule has 0 aliphatic carbocycles. The summed E-state index contributed by atoms with van der Waals surface area (Å²) in [6, 6.07) is 7.06. The van der Waals surface area contributed by atoms with Gasteiger partial charge in [0.1, 0.15) is 5.75 Å². The van der Waals surface area contributed by atoms with E-state index in [1.54, 1.807) is 31.3 Å². The van der Waals surface area contributed by atoms with Crippen LogP contribution < -0.4 is 20.7 Å². The summed E-state index contributed by atoms with van der Waals surface area (Å²) in [5.74, 6) is 0.385. The summed E-state index contributed by atoms with van der Waals surface area (Å²) in [7, 11) is 1.56. The van der Waals surface area contributed by atoms with Crippen molar-refractivity contribution in [3.05, 3.63) is 24.3 Å². The first kappa shape index (κ1) is 15.3. The summed E-state index contributed by atoms with van der Waals surface area (Å²) < 4.78 is 5.35. The van der Waals surface area contributed by atoms with E-state index >= 15 is 0 Å². The van der Waals surface area contributed by atoms with Crippen molar-refractivity contribution in [2.24, 2.45) is 5.92 Å². The van der Waals surface area contributed by atoms with E-state index in [0.29, 0.717) is 11.4 Å². The molecule has 0 radical (unpaired) electrons. The summed E-state index contributed by atoms with van der Waals surface area (Å²) in [5.41, 5.74) is 0.681. The fourth-order valence-corrected chi connectivity index (χ4v) is 2.20. The number of ether oxygens (including phenoxy) is 1. The highest BCUT2D eigenvalue weighted by Gasteiger charge is 2.20. The normalized spacial score (nSPS) is 17.9. The number of carbonyl (C=O) groups is 2. The highest BCUT2D eigenvalue weighted by molar-refractivity contribution is 5.93. The molecular formula is C15H21N3O3. The average molecular weight is 291 g/mol. The summed E-state index contributed by atoms with van der Waals surface area (Å²) in [5, 5.41) is 8.60. The van der Waals surface area contributed by atoms with E-state index in [9.17, 15) is 9.59 Å². The van der Waals surface area contributed by atoms with Crippen molar-refractivity contribution in [2.45, 2.75) is 12.8 Å². The van der Waals surface area contributed by atoms with Gasteiger partial charge in [-0.25, -0.2) is 0 Å². The topological polar surface area (TPSA) is 79.5 Å². The molecule has 1 heterocycles. The van der Waals surface area contributed by atoms with E-state index < -0.39 is 0 Å². The number of likely N-dealkylation sites (N-methyl/N-ethyl adjacent to an activating group) is 1. The predicted molar refractivity (Wildman–Crippen MR) is 80.2 cm³/mol. The van der Waals surface area contributed by atoms with Gasteiger partial charge < -0.3 is 20.7 Å². The fraction of sp³-hybridized carbons (Fsp3) is 0.467. The fourth-order valence-electron chi connectivity index (χ4n) is 2.20. The molecule has 0 saturated carbocycles. The quantitative estimate of drug-likeness (QED) is 0.748. The van der Waals surface area contributed by atoms with E-state index in [2.05, 4.69) is 16.0 Å². The number of piperidine rings is 1. The number of hydrogen-bond acceptors (Lipinski definition) is 4. The molecular weight excluding hydrogens is 270 g/mol. The van der Waals surface area contributed by atoms with Gasteiger partial charge in [-0.05, 0) is 31.5 Å². The standard InChI is InChI=1S/C15H21N3O3/c1-16-14(19)10-21-13-6-2-5-12(8-13)18-15(20)11-4-3-7-17-9-11/h2,5-6,8,11,17H,3-4,7,9-10H2,1H3,(H,16,19)(H,18,20)/t11-/m0/s1. The third-order valence-electron chi connectivity index (χ3n) is 3.42. The van der Waals surface area contributed by atoms with Crippen LogP contribution in [0.4, 0.5) is 5.69 Å². The molecule has 0 bridgehead atoms. The lowest BCUT2D eigenvalue weighted by Crippen LogP contribution is -2.37. The molecule has 0 unspecified atom stereocenters. The maximum Gasteiger partial charge on any atom is 0.257 e. The van der Waals surface area contributed by atoms with Gasteiger partial charge in [0.2, 0.25) is 5.91 Å². The Labute approximate surface area is 124 Å². The molecule has 114 valence electrons. The van der Waals surface area contributed by atoms with Crippen molar-refractivity contribution in [2.75, 3.05) is 32.1 Å². The molecule has 1 saturated heterocycles. The second-order valence-electron chi connectivity index (χ2n) is 5.02. The summed E-state index contributed by atoms with van der Waals surface area (Å²) in [6.45, 7) is 1.66.